The van der Waals surface area contributed by atoms with Gasteiger partial charge in [-0.15, -0.1) is 0 Å². The van der Waals surface area contributed by atoms with Crippen LogP contribution in [0.25, 0.3) is 0 Å². The molecule has 1 aromatic carbocycles. The number of ether oxygens (including phenoxy) is 1. The van der Waals surface area contributed by atoms with E-state index in [9.17, 15) is 5.11 Å². The summed E-state index contributed by atoms with van der Waals surface area (Å²) in [5.41, 5.74) is 7.41. The number of aliphatic hydroxyl groups excluding tert-OH is 1. The molecule has 4 nitrogen and oxygen atoms in total. The number of nitrogens with one attached hydrogen (secondary N) is 1. The van der Waals surface area contributed by atoms with Crippen LogP contribution in [0.4, 0.5) is 5.69 Å². The fourth-order valence-corrected chi connectivity index (χ4v) is 1.98. The second-order valence-corrected chi connectivity index (χ2v) is 4.49. The molecule has 0 bridgehead atoms. The zero-order chi connectivity index (χ0) is 13.4. The van der Waals surface area contributed by atoms with Crippen molar-refractivity contribution in [2.75, 3.05) is 25.6 Å². The number of aliphatic hydroxyl groups is 1. The van der Waals surface area contributed by atoms with E-state index in [1.54, 1.807) is 14.0 Å². The molecule has 0 amide bonds. The van der Waals surface area contributed by atoms with Gasteiger partial charge < -0.3 is 20.9 Å². The molecule has 0 fully saturated rings. The third-order valence-corrected chi connectivity index (χ3v) is 2.90. The second-order valence-electron chi connectivity index (χ2n) is 4.49. The largest absolute Gasteiger partial charge is 0.389 e. The maximum Gasteiger partial charge on any atom is 0.0781 e. The average molecular weight is 252 g/mol. The monoisotopic (exact) mass is 252 g/mol. The van der Waals surface area contributed by atoms with Crippen LogP contribution in [0.1, 0.15) is 31.4 Å². The predicted molar refractivity (Wildman–Crippen MR) is 74.7 cm³/mol. The van der Waals surface area contributed by atoms with Crippen LogP contribution in [0.3, 0.4) is 0 Å². The van der Waals surface area contributed by atoms with Crippen molar-refractivity contribution >= 4 is 5.69 Å². The number of benzene rings is 1. The van der Waals surface area contributed by atoms with Crippen molar-refractivity contribution in [2.24, 2.45) is 5.73 Å². The highest BCUT2D eigenvalue weighted by molar-refractivity contribution is 5.52. The van der Waals surface area contributed by atoms with Gasteiger partial charge in [-0.2, -0.15) is 0 Å². The zero-order valence-electron chi connectivity index (χ0n) is 11.2. The van der Waals surface area contributed by atoms with E-state index in [1.807, 2.05) is 24.3 Å². The number of hydrogen-bond acceptors (Lipinski definition) is 4. The Kier molecular flexibility index (Phi) is 6.72. The molecule has 1 rings (SSSR count). The Morgan fingerprint density at radius 2 is 2.11 bits per heavy atom. The molecule has 18 heavy (non-hydrogen) atoms. The molecular formula is C14H24N2O2. The smallest absolute Gasteiger partial charge is 0.0781 e. The van der Waals surface area contributed by atoms with Gasteiger partial charge in [-0.05, 0) is 32.4 Å². The standard InChI is InChI=1S/C14H24N2O2/c1-11(17)13-7-3-4-8-14(13)16-12(10-18-2)6-5-9-15/h3-4,7-8,11-12,16-17H,5-6,9-10,15H2,1-2H3. The van der Waals surface area contributed by atoms with Gasteiger partial charge in [0.2, 0.25) is 0 Å². The molecule has 0 radical (unpaired) electrons. The van der Waals surface area contributed by atoms with Crippen LogP contribution in [0.5, 0.6) is 0 Å². The van der Waals surface area contributed by atoms with Gasteiger partial charge in [0.05, 0.1) is 12.7 Å². The summed E-state index contributed by atoms with van der Waals surface area (Å²) < 4.78 is 5.21. The highest BCUT2D eigenvalue weighted by atomic mass is 16.5. The fourth-order valence-electron chi connectivity index (χ4n) is 1.98. The quantitative estimate of drug-likeness (QED) is 0.661. The van der Waals surface area contributed by atoms with Crippen LogP contribution in [0.2, 0.25) is 0 Å². The molecule has 4 N–H and O–H groups in total. The summed E-state index contributed by atoms with van der Waals surface area (Å²) in [7, 11) is 1.69. The Morgan fingerprint density at radius 1 is 1.39 bits per heavy atom. The van der Waals surface area contributed by atoms with Crippen LogP contribution in [-0.4, -0.2) is 31.4 Å². The molecule has 4 heteroatoms. The summed E-state index contributed by atoms with van der Waals surface area (Å²) in [4.78, 5) is 0. The Morgan fingerprint density at radius 3 is 2.72 bits per heavy atom. The Bertz CT molecular complexity index is 342. The number of hydrogen-bond donors (Lipinski definition) is 3. The normalized spacial score (nSPS) is 14.2. The zero-order valence-corrected chi connectivity index (χ0v) is 11.2. The topological polar surface area (TPSA) is 67.5 Å². The fraction of sp³-hybridized carbons (Fsp3) is 0.571. The van der Waals surface area contributed by atoms with Gasteiger partial charge in [0.15, 0.2) is 0 Å². The van der Waals surface area contributed by atoms with E-state index in [4.69, 9.17) is 10.5 Å². The summed E-state index contributed by atoms with van der Waals surface area (Å²) in [6.45, 7) is 3.08. The van der Waals surface area contributed by atoms with Gasteiger partial charge in [-0.3, -0.25) is 0 Å². The first-order chi connectivity index (χ1) is 8.69. The van der Waals surface area contributed by atoms with Crippen LogP contribution in [0, 0.1) is 0 Å². The molecule has 102 valence electrons. The molecule has 0 heterocycles. The number of methoxy groups -OCH3 is 1. The molecular weight excluding hydrogens is 228 g/mol. The Balaban J connectivity index is 2.73. The highest BCUT2D eigenvalue weighted by Gasteiger charge is 2.12. The van der Waals surface area contributed by atoms with E-state index < -0.39 is 6.10 Å². The van der Waals surface area contributed by atoms with Crippen LogP contribution in [-0.2, 0) is 4.74 Å². The lowest BCUT2D eigenvalue weighted by molar-refractivity contribution is 0.181. The minimum atomic E-state index is -0.480. The van der Waals surface area contributed by atoms with Crippen molar-refractivity contribution in [3.63, 3.8) is 0 Å². The minimum Gasteiger partial charge on any atom is -0.389 e. The van der Waals surface area contributed by atoms with Gasteiger partial charge in [0.25, 0.3) is 0 Å². The number of nitrogens with two attached hydrogens (primary N) is 1. The van der Waals surface area contributed by atoms with Crippen LogP contribution in [0.15, 0.2) is 24.3 Å². The van der Waals surface area contributed by atoms with Crippen molar-refractivity contribution in [2.45, 2.75) is 31.9 Å². The van der Waals surface area contributed by atoms with Gasteiger partial charge >= 0.3 is 0 Å². The predicted octanol–water partition coefficient (Wildman–Crippen LogP) is 1.91. The molecule has 0 aliphatic rings. The van der Waals surface area contributed by atoms with E-state index in [1.165, 1.54) is 0 Å². The average Bonchev–Trinajstić information content (AvgIpc) is 2.36. The molecule has 0 aliphatic heterocycles. The molecule has 2 atom stereocenters. The summed E-state index contributed by atoms with van der Waals surface area (Å²) in [5, 5.41) is 13.2. The SMILES string of the molecule is COCC(CCCN)Nc1ccccc1C(C)O. The minimum absolute atomic E-state index is 0.221. The van der Waals surface area contributed by atoms with Crippen molar-refractivity contribution in [1.82, 2.24) is 0 Å². The first-order valence-corrected chi connectivity index (χ1v) is 6.41. The first-order valence-electron chi connectivity index (χ1n) is 6.41. The maximum atomic E-state index is 9.73. The highest BCUT2D eigenvalue weighted by Crippen LogP contribution is 2.23. The lowest BCUT2D eigenvalue weighted by Gasteiger charge is -2.21. The van der Waals surface area contributed by atoms with Crippen molar-refractivity contribution in [3.05, 3.63) is 29.8 Å². The van der Waals surface area contributed by atoms with Crippen LogP contribution >= 0.6 is 0 Å². The van der Waals surface area contributed by atoms with Gasteiger partial charge in [-0.25, -0.2) is 0 Å². The van der Waals surface area contributed by atoms with Gasteiger partial charge in [0, 0.05) is 24.4 Å². The van der Waals surface area contributed by atoms with Crippen molar-refractivity contribution in [3.8, 4) is 0 Å². The number of rotatable bonds is 8. The lowest BCUT2D eigenvalue weighted by atomic mass is 10.1. The summed E-state index contributed by atoms with van der Waals surface area (Å²) >= 11 is 0. The van der Waals surface area contributed by atoms with E-state index in [0.717, 1.165) is 24.1 Å². The van der Waals surface area contributed by atoms with Crippen molar-refractivity contribution in [1.29, 1.82) is 0 Å². The molecule has 0 spiro atoms. The van der Waals surface area contributed by atoms with E-state index >= 15 is 0 Å². The van der Waals surface area contributed by atoms with E-state index in [-0.39, 0.29) is 6.04 Å². The number of para-hydroxylation sites is 1. The first kappa shape index (κ1) is 15.0. The Labute approximate surface area is 109 Å². The van der Waals surface area contributed by atoms with Gasteiger partial charge in [0.1, 0.15) is 0 Å². The van der Waals surface area contributed by atoms with Gasteiger partial charge in [-0.1, -0.05) is 18.2 Å². The molecule has 0 aromatic heterocycles. The molecule has 2 unspecified atom stereocenters. The van der Waals surface area contributed by atoms with Crippen molar-refractivity contribution < 1.29 is 9.84 Å². The van der Waals surface area contributed by atoms with E-state index in [2.05, 4.69) is 5.32 Å². The second kappa shape index (κ2) is 8.08. The Hall–Kier alpha value is -1.10. The molecule has 0 saturated heterocycles. The molecule has 0 saturated carbocycles. The summed E-state index contributed by atoms with van der Waals surface area (Å²) in [6.07, 6.45) is 1.43. The third-order valence-electron chi connectivity index (χ3n) is 2.90. The summed E-state index contributed by atoms with van der Waals surface area (Å²) in [6, 6.07) is 8.02. The lowest BCUT2D eigenvalue weighted by Crippen LogP contribution is -2.26. The summed E-state index contributed by atoms with van der Waals surface area (Å²) in [5.74, 6) is 0. The molecule has 1 aromatic rings. The maximum absolute atomic E-state index is 9.73. The number of anilines is 1. The van der Waals surface area contributed by atoms with Crippen LogP contribution < -0.4 is 11.1 Å². The van der Waals surface area contributed by atoms with E-state index in [0.29, 0.717) is 13.2 Å². The molecule has 0 aliphatic carbocycles. The third kappa shape index (κ3) is 4.64.